The molecule has 0 atom stereocenters. The van der Waals surface area contributed by atoms with Crippen molar-refractivity contribution in [2.45, 2.75) is 6.42 Å². The molecule has 2 aromatic heterocycles. The van der Waals surface area contributed by atoms with Crippen LogP contribution in [0.1, 0.15) is 11.5 Å². The minimum Gasteiger partial charge on any atom is -0.384 e. The van der Waals surface area contributed by atoms with Gasteiger partial charge < -0.3 is 10.3 Å². The molecule has 2 rings (SSSR count). The summed E-state index contributed by atoms with van der Waals surface area (Å²) in [4.78, 5) is 12.1. The largest absolute Gasteiger partial charge is 0.384 e. The lowest BCUT2D eigenvalue weighted by Crippen LogP contribution is -2.02. The van der Waals surface area contributed by atoms with E-state index in [1.54, 1.807) is 12.3 Å². The smallest absolute Gasteiger partial charge is 0.127 e. The molecule has 2 heterocycles. The quantitative estimate of drug-likeness (QED) is 0.741. The Morgan fingerprint density at radius 3 is 2.86 bits per heavy atom. The van der Waals surface area contributed by atoms with Crippen LogP contribution >= 0.6 is 0 Å². The first kappa shape index (κ1) is 8.68. The van der Waals surface area contributed by atoms with Gasteiger partial charge in [0, 0.05) is 31.9 Å². The van der Waals surface area contributed by atoms with Crippen LogP contribution in [0.15, 0.2) is 24.8 Å². The highest BCUT2D eigenvalue weighted by molar-refractivity contribution is 5.29. The van der Waals surface area contributed by atoms with E-state index in [0.717, 1.165) is 11.5 Å². The van der Waals surface area contributed by atoms with Gasteiger partial charge in [0.15, 0.2) is 0 Å². The molecular weight excluding hydrogens is 178 g/mol. The maximum Gasteiger partial charge on any atom is 0.127 e. The summed E-state index contributed by atoms with van der Waals surface area (Å²) in [6, 6.07) is 1.76. The van der Waals surface area contributed by atoms with Gasteiger partial charge in [0.25, 0.3) is 0 Å². The molecule has 0 fully saturated rings. The van der Waals surface area contributed by atoms with Gasteiger partial charge in [0.1, 0.15) is 18.0 Å². The van der Waals surface area contributed by atoms with Crippen molar-refractivity contribution in [3.8, 4) is 0 Å². The van der Waals surface area contributed by atoms with Crippen LogP contribution in [0.2, 0.25) is 0 Å². The van der Waals surface area contributed by atoms with Crippen molar-refractivity contribution in [3.63, 3.8) is 0 Å². The van der Waals surface area contributed by atoms with E-state index >= 15 is 0 Å². The summed E-state index contributed by atoms with van der Waals surface area (Å²) in [5.41, 5.74) is 6.43. The zero-order valence-electron chi connectivity index (χ0n) is 7.88. The van der Waals surface area contributed by atoms with Crippen molar-refractivity contribution in [1.29, 1.82) is 0 Å². The van der Waals surface area contributed by atoms with Crippen molar-refractivity contribution in [2.24, 2.45) is 7.05 Å². The molecule has 0 unspecified atom stereocenters. The zero-order chi connectivity index (χ0) is 9.97. The summed E-state index contributed by atoms with van der Waals surface area (Å²) >= 11 is 0. The fourth-order valence-electron chi connectivity index (χ4n) is 1.24. The monoisotopic (exact) mass is 189 g/mol. The molecule has 0 amide bonds. The molecule has 2 aromatic rings. The maximum atomic E-state index is 5.55. The van der Waals surface area contributed by atoms with Gasteiger partial charge in [-0.1, -0.05) is 0 Å². The Balaban J connectivity index is 2.23. The molecular formula is C9H11N5. The average Bonchev–Trinajstić information content (AvgIpc) is 2.52. The Morgan fingerprint density at radius 2 is 2.21 bits per heavy atom. The van der Waals surface area contributed by atoms with Crippen LogP contribution in [0.25, 0.3) is 0 Å². The molecule has 0 saturated carbocycles. The number of anilines is 1. The Morgan fingerprint density at radius 1 is 1.36 bits per heavy atom. The normalized spacial score (nSPS) is 10.4. The number of nitrogen functional groups attached to an aromatic ring is 1. The summed E-state index contributed by atoms with van der Waals surface area (Å²) in [5.74, 6) is 1.45. The van der Waals surface area contributed by atoms with E-state index in [4.69, 9.17) is 5.73 Å². The van der Waals surface area contributed by atoms with Crippen LogP contribution < -0.4 is 5.73 Å². The Bertz CT molecular complexity index is 434. The molecule has 0 radical (unpaired) electrons. The number of aryl methyl sites for hydroxylation is 1. The SMILES string of the molecule is Cn1ccnc1Cc1cc(N)ncn1. The highest BCUT2D eigenvalue weighted by Crippen LogP contribution is 2.05. The molecule has 0 spiro atoms. The van der Waals surface area contributed by atoms with E-state index in [1.807, 2.05) is 17.8 Å². The molecule has 5 heteroatoms. The summed E-state index contributed by atoms with van der Waals surface area (Å²) in [6.45, 7) is 0. The van der Waals surface area contributed by atoms with E-state index in [0.29, 0.717) is 12.2 Å². The summed E-state index contributed by atoms with van der Waals surface area (Å²) in [7, 11) is 1.95. The van der Waals surface area contributed by atoms with Gasteiger partial charge in [-0.15, -0.1) is 0 Å². The number of rotatable bonds is 2. The van der Waals surface area contributed by atoms with Gasteiger partial charge in [-0.25, -0.2) is 15.0 Å². The average molecular weight is 189 g/mol. The highest BCUT2D eigenvalue weighted by atomic mass is 15.0. The molecule has 0 saturated heterocycles. The van der Waals surface area contributed by atoms with E-state index in [2.05, 4.69) is 15.0 Å². The summed E-state index contributed by atoms with van der Waals surface area (Å²) in [5, 5.41) is 0. The standard InChI is InChI=1S/C9H11N5/c1-14-3-2-11-9(14)5-7-4-8(10)13-6-12-7/h2-4,6H,5H2,1H3,(H2,10,12,13). The van der Waals surface area contributed by atoms with E-state index in [1.165, 1.54) is 6.33 Å². The fourth-order valence-corrected chi connectivity index (χ4v) is 1.24. The van der Waals surface area contributed by atoms with E-state index in [9.17, 15) is 0 Å². The Hall–Kier alpha value is -1.91. The number of nitrogens with zero attached hydrogens (tertiary/aromatic N) is 4. The molecule has 0 aliphatic rings. The van der Waals surface area contributed by atoms with Crippen LogP contribution in [-0.2, 0) is 13.5 Å². The van der Waals surface area contributed by atoms with Gasteiger partial charge in [-0.2, -0.15) is 0 Å². The van der Waals surface area contributed by atoms with Gasteiger partial charge in [-0.05, 0) is 0 Å². The summed E-state index contributed by atoms with van der Waals surface area (Å²) in [6.07, 6.45) is 5.81. The lowest BCUT2D eigenvalue weighted by Gasteiger charge is -2.01. The summed E-state index contributed by atoms with van der Waals surface area (Å²) < 4.78 is 1.96. The highest BCUT2D eigenvalue weighted by Gasteiger charge is 2.02. The van der Waals surface area contributed by atoms with Crippen molar-refractivity contribution in [1.82, 2.24) is 19.5 Å². The van der Waals surface area contributed by atoms with Gasteiger partial charge >= 0.3 is 0 Å². The van der Waals surface area contributed by atoms with Crippen LogP contribution in [0, 0.1) is 0 Å². The first-order valence-electron chi connectivity index (χ1n) is 4.28. The third-order valence-corrected chi connectivity index (χ3v) is 2.01. The first-order valence-corrected chi connectivity index (χ1v) is 4.28. The second-order valence-electron chi connectivity index (χ2n) is 3.07. The second-order valence-corrected chi connectivity index (χ2v) is 3.07. The lowest BCUT2D eigenvalue weighted by atomic mass is 10.3. The lowest BCUT2D eigenvalue weighted by molar-refractivity contribution is 0.809. The van der Waals surface area contributed by atoms with Crippen LogP contribution in [-0.4, -0.2) is 19.5 Å². The molecule has 2 N–H and O–H groups in total. The molecule has 0 bridgehead atoms. The number of nitrogens with two attached hydrogens (primary N) is 1. The van der Waals surface area contributed by atoms with Crippen molar-refractivity contribution < 1.29 is 0 Å². The first-order chi connectivity index (χ1) is 6.75. The van der Waals surface area contributed by atoms with Crippen LogP contribution in [0.4, 0.5) is 5.82 Å². The van der Waals surface area contributed by atoms with Crippen molar-refractivity contribution >= 4 is 5.82 Å². The molecule has 5 nitrogen and oxygen atoms in total. The third-order valence-electron chi connectivity index (χ3n) is 2.01. The minimum absolute atomic E-state index is 0.490. The topological polar surface area (TPSA) is 69.6 Å². The van der Waals surface area contributed by atoms with Gasteiger partial charge in [0.05, 0.1) is 5.69 Å². The molecule has 14 heavy (non-hydrogen) atoms. The number of hydrogen-bond donors (Lipinski definition) is 1. The third kappa shape index (κ3) is 1.71. The number of imidazole rings is 1. The predicted octanol–water partition coefficient (Wildman–Crippen LogP) is 0.383. The van der Waals surface area contributed by atoms with Crippen LogP contribution in [0.3, 0.4) is 0 Å². The van der Waals surface area contributed by atoms with E-state index in [-0.39, 0.29) is 0 Å². The number of hydrogen-bond acceptors (Lipinski definition) is 4. The Labute approximate surface area is 81.6 Å². The fraction of sp³-hybridized carbons (Fsp3) is 0.222. The minimum atomic E-state index is 0.490. The molecule has 0 aliphatic carbocycles. The van der Waals surface area contributed by atoms with Gasteiger partial charge in [0.2, 0.25) is 0 Å². The molecule has 0 aromatic carbocycles. The van der Waals surface area contributed by atoms with Crippen molar-refractivity contribution in [3.05, 3.63) is 36.3 Å². The van der Waals surface area contributed by atoms with Crippen molar-refractivity contribution in [2.75, 3.05) is 5.73 Å². The molecule has 72 valence electrons. The van der Waals surface area contributed by atoms with Crippen LogP contribution in [0.5, 0.6) is 0 Å². The maximum absolute atomic E-state index is 5.55. The Kier molecular flexibility index (Phi) is 2.14. The number of aromatic nitrogens is 4. The predicted molar refractivity (Wildman–Crippen MR) is 52.5 cm³/mol. The van der Waals surface area contributed by atoms with E-state index < -0.39 is 0 Å². The molecule has 0 aliphatic heterocycles. The second kappa shape index (κ2) is 3.45. The zero-order valence-corrected chi connectivity index (χ0v) is 7.88. The van der Waals surface area contributed by atoms with Gasteiger partial charge in [-0.3, -0.25) is 0 Å².